The van der Waals surface area contributed by atoms with E-state index in [1.165, 1.54) is 16.4 Å². The lowest BCUT2D eigenvalue weighted by molar-refractivity contribution is 0.0707. The summed E-state index contributed by atoms with van der Waals surface area (Å²) < 4.78 is 26.2. The number of nitrogens with one attached hydrogen (secondary N) is 1. The van der Waals surface area contributed by atoms with Crippen LogP contribution in [0.25, 0.3) is 0 Å². The van der Waals surface area contributed by atoms with Gasteiger partial charge < -0.3 is 10.2 Å². The molecule has 1 saturated heterocycles. The van der Waals surface area contributed by atoms with Crippen molar-refractivity contribution < 1.29 is 13.2 Å². The van der Waals surface area contributed by atoms with Gasteiger partial charge in [-0.3, -0.25) is 4.79 Å². The number of rotatable bonds is 5. The van der Waals surface area contributed by atoms with Crippen LogP contribution in [0.15, 0.2) is 29.2 Å². The van der Waals surface area contributed by atoms with Crippen molar-refractivity contribution in [3.63, 3.8) is 0 Å². The second kappa shape index (κ2) is 8.98. The molecule has 1 aliphatic heterocycles. The average Bonchev–Trinajstić information content (AvgIpc) is 2.60. The van der Waals surface area contributed by atoms with Crippen LogP contribution in [0.4, 0.5) is 0 Å². The van der Waals surface area contributed by atoms with Gasteiger partial charge >= 0.3 is 0 Å². The Balaban J connectivity index is 0.00000312. The fourth-order valence-electron chi connectivity index (χ4n) is 2.77. The van der Waals surface area contributed by atoms with Gasteiger partial charge in [0.1, 0.15) is 0 Å². The Bertz CT molecular complexity index is 669. The van der Waals surface area contributed by atoms with E-state index in [1.54, 1.807) is 19.2 Å². The molecule has 0 radical (unpaired) electrons. The van der Waals surface area contributed by atoms with E-state index in [0.717, 1.165) is 25.9 Å². The fraction of sp³-hybridized carbons (Fsp3) is 0.588. The number of sulfonamides is 1. The third-order valence-electron chi connectivity index (χ3n) is 4.70. The first-order valence-corrected chi connectivity index (χ1v) is 9.76. The Morgan fingerprint density at radius 2 is 1.72 bits per heavy atom. The van der Waals surface area contributed by atoms with Crippen LogP contribution in [0.1, 0.15) is 37.0 Å². The summed E-state index contributed by atoms with van der Waals surface area (Å²) in [5.41, 5.74) is 0.532. The van der Waals surface area contributed by atoms with Crippen molar-refractivity contribution in [3.05, 3.63) is 29.8 Å². The van der Waals surface area contributed by atoms with E-state index in [2.05, 4.69) is 5.32 Å². The maximum Gasteiger partial charge on any atom is 0.253 e. The normalized spacial score (nSPS) is 16.2. The number of hydrogen-bond acceptors (Lipinski definition) is 4. The zero-order valence-corrected chi connectivity index (χ0v) is 16.9. The summed E-state index contributed by atoms with van der Waals surface area (Å²) in [7, 11) is -0.0156. The Hall–Kier alpha value is -1.15. The topological polar surface area (TPSA) is 69.7 Å². The predicted octanol–water partition coefficient (Wildman–Crippen LogP) is 1.96. The molecule has 1 heterocycles. The molecule has 142 valence electrons. The van der Waals surface area contributed by atoms with Gasteiger partial charge in [0, 0.05) is 37.8 Å². The molecular formula is C17H28ClN3O3S. The first-order chi connectivity index (χ1) is 11.3. The average molecular weight is 390 g/mol. The molecule has 0 saturated carbocycles. The van der Waals surface area contributed by atoms with Crippen LogP contribution >= 0.6 is 12.4 Å². The molecule has 1 fully saturated rings. The minimum Gasteiger partial charge on any atom is -0.339 e. The van der Waals surface area contributed by atoms with Crippen molar-refractivity contribution in [3.8, 4) is 0 Å². The molecule has 2 rings (SSSR count). The van der Waals surface area contributed by atoms with Crippen LogP contribution in [-0.2, 0) is 10.0 Å². The first-order valence-electron chi connectivity index (χ1n) is 8.32. The highest BCUT2D eigenvalue weighted by atomic mass is 35.5. The van der Waals surface area contributed by atoms with Gasteiger partial charge in [0.05, 0.1) is 4.90 Å². The van der Waals surface area contributed by atoms with E-state index in [4.69, 9.17) is 0 Å². The summed E-state index contributed by atoms with van der Waals surface area (Å²) in [5, 5.41) is 3.24. The predicted molar refractivity (Wildman–Crippen MR) is 102 cm³/mol. The second-order valence-electron chi connectivity index (χ2n) is 6.49. The van der Waals surface area contributed by atoms with E-state index in [1.807, 2.05) is 25.8 Å². The van der Waals surface area contributed by atoms with Crippen LogP contribution < -0.4 is 5.32 Å². The van der Waals surface area contributed by atoms with Crippen LogP contribution in [0, 0.1) is 0 Å². The molecule has 1 aliphatic rings. The van der Waals surface area contributed by atoms with Gasteiger partial charge in [-0.2, -0.15) is 4.31 Å². The van der Waals surface area contributed by atoms with E-state index < -0.39 is 10.0 Å². The highest BCUT2D eigenvalue weighted by Gasteiger charge is 2.25. The summed E-state index contributed by atoms with van der Waals surface area (Å²) in [5.74, 6) is -0.0364. The Kier molecular flexibility index (Phi) is 7.87. The Labute approximate surface area is 157 Å². The van der Waals surface area contributed by atoms with Crippen molar-refractivity contribution in [1.82, 2.24) is 14.5 Å². The lowest BCUT2D eigenvalue weighted by Gasteiger charge is -2.31. The van der Waals surface area contributed by atoms with Gasteiger partial charge in [-0.1, -0.05) is 0 Å². The molecule has 0 bridgehead atoms. The summed E-state index contributed by atoms with van der Waals surface area (Å²) in [6.07, 6.45) is 1.88. The zero-order valence-electron chi connectivity index (χ0n) is 15.2. The van der Waals surface area contributed by atoms with Crippen LogP contribution in [-0.4, -0.2) is 62.8 Å². The van der Waals surface area contributed by atoms with E-state index in [0.29, 0.717) is 11.6 Å². The number of amides is 1. The Morgan fingerprint density at radius 1 is 1.20 bits per heavy atom. The number of hydrogen-bond donors (Lipinski definition) is 1. The van der Waals surface area contributed by atoms with E-state index in [9.17, 15) is 13.2 Å². The molecular weight excluding hydrogens is 362 g/mol. The number of likely N-dealkylation sites (tertiary alicyclic amines) is 1. The first kappa shape index (κ1) is 21.9. The number of halogens is 1. The van der Waals surface area contributed by atoms with E-state index >= 15 is 0 Å². The number of nitrogens with zero attached hydrogens (tertiary/aromatic N) is 2. The van der Waals surface area contributed by atoms with E-state index in [-0.39, 0.29) is 29.3 Å². The lowest BCUT2D eigenvalue weighted by Crippen LogP contribution is -2.43. The van der Waals surface area contributed by atoms with Crippen molar-refractivity contribution in [1.29, 1.82) is 0 Å². The third kappa shape index (κ3) is 4.94. The van der Waals surface area contributed by atoms with Crippen LogP contribution in [0.5, 0.6) is 0 Å². The maximum atomic E-state index is 12.5. The molecule has 0 spiro atoms. The molecule has 25 heavy (non-hydrogen) atoms. The molecule has 0 unspecified atom stereocenters. The highest BCUT2D eigenvalue weighted by molar-refractivity contribution is 7.89. The number of carbonyl (C=O) groups is 1. The van der Waals surface area contributed by atoms with Gasteiger partial charge in [0.2, 0.25) is 10.0 Å². The molecule has 1 amide bonds. The molecule has 0 aliphatic carbocycles. The maximum absolute atomic E-state index is 12.5. The molecule has 1 N–H and O–H groups in total. The summed E-state index contributed by atoms with van der Waals surface area (Å²) in [4.78, 5) is 14.6. The van der Waals surface area contributed by atoms with Crippen molar-refractivity contribution in [2.45, 2.75) is 43.7 Å². The Morgan fingerprint density at radius 3 is 2.16 bits per heavy atom. The number of benzene rings is 1. The lowest BCUT2D eigenvalue weighted by atomic mass is 10.0. The third-order valence-corrected chi connectivity index (χ3v) is 6.74. The second-order valence-corrected chi connectivity index (χ2v) is 8.49. The zero-order chi connectivity index (χ0) is 17.9. The molecule has 8 heteroatoms. The monoisotopic (exact) mass is 389 g/mol. The summed E-state index contributed by atoms with van der Waals surface area (Å²) >= 11 is 0. The van der Waals surface area contributed by atoms with Gasteiger partial charge in [0.25, 0.3) is 5.91 Å². The quantitative estimate of drug-likeness (QED) is 0.835. The van der Waals surface area contributed by atoms with Crippen LogP contribution in [0.2, 0.25) is 0 Å². The number of carbonyl (C=O) groups excluding carboxylic acids is 1. The molecule has 1 aromatic rings. The van der Waals surface area contributed by atoms with Crippen molar-refractivity contribution in [2.75, 3.05) is 27.2 Å². The largest absolute Gasteiger partial charge is 0.339 e. The smallest absolute Gasteiger partial charge is 0.253 e. The minimum absolute atomic E-state index is 0. The summed E-state index contributed by atoms with van der Waals surface area (Å²) in [6, 6.07) is 6.59. The van der Waals surface area contributed by atoms with Gasteiger partial charge in [-0.25, -0.2) is 8.42 Å². The highest BCUT2D eigenvalue weighted by Crippen LogP contribution is 2.19. The standard InChI is InChI=1S/C17H27N3O3S.ClH/c1-13(2)19(4)24(22,23)16-7-5-14(6-8-16)17(21)20-11-9-15(18-3)10-12-20;/h5-8,13,15,18H,9-12H2,1-4H3;1H. The minimum atomic E-state index is -3.52. The fourth-order valence-corrected chi connectivity index (χ4v) is 4.13. The molecule has 1 aromatic carbocycles. The molecule has 0 atom stereocenters. The van der Waals surface area contributed by atoms with Crippen molar-refractivity contribution >= 4 is 28.3 Å². The number of piperidine rings is 1. The van der Waals surface area contributed by atoms with Crippen molar-refractivity contribution in [2.24, 2.45) is 0 Å². The van der Waals surface area contributed by atoms with Gasteiger partial charge in [-0.05, 0) is 58.0 Å². The summed E-state index contributed by atoms with van der Waals surface area (Å²) in [6.45, 7) is 5.09. The van der Waals surface area contributed by atoms with Gasteiger partial charge in [0.15, 0.2) is 0 Å². The molecule has 0 aromatic heterocycles. The van der Waals surface area contributed by atoms with Gasteiger partial charge in [-0.15, -0.1) is 12.4 Å². The SMILES string of the molecule is CNC1CCN(C(=O)c2ccc(S(=O)(=O)N(C)C(C)C)cc2)CC1.Cl. The van der Waals surface area contributed by atoms with Crippen LogP contribution in [0.3, 0.4) is 0 Å². The molecule has 6 nitrogen and oxygen atoms in total.